The number of methoxy groups -OCH3 is 3. The first-order chi connectivity index (χ1) is 12.1. The quantitative estimate of drug-likeness (QED) is 0.715. The predicted molar refractivity (Wildman–Crippen MR) is 98.5 cm³/mol. The van der Waals surface area contributed by atoms with Gasteiger partial charge in [-0.25, -0.2) is 9.97 Å². The molecule has 0 fully saturated rings. The summed E-state index contributed by atoms with van der Waals surface area (Å²) < 4.78 is 16.1. The van der Waals surface area contributed by atoms with Crippen molar-refractivity contribution < 1.29 is 14.2 Å². The molecule has 0 radical (unpaired) electrons. The maximum Gasteiger partial charge on any atom is 0.203 e. The molecule has 0 saturated carbocycles. The second-order valence-corrected chi connectivity index (χ2v) is 5.56. The van der Waals surface area contributed by atoms with Gasteiger partial charge < -0.3 is 29.7 Å². The van der Waals surface area contributed by atoms with Crippen LogP contribution in [0.5, 0.6) is 17.2 Å². The summed E-state index contributed by atoms with van der Waals surface area (Å²) in [5, 5.41) is 6.49. The highest BCUT2D eigenvalue weighted by atomic mass is 16.5. The minimum Gasteiger partial charge on any atom is -0.493 e. The number of rotatable bonds is 9. The minimum atomic E-state index is 0.546. The largest absolute Gasteiger partial charge is 0.493 e. The third-order valence-electron chi connectivity index (χ3n) is 3.47. The fraction of sp³-hybridized carbons (Fsp3) is 0.412. The SMILES string of the molecule is COc1cc(Nc2cc(NCCN(C)C)ncn2)cc(OC)c1OC. The fourth-order valence-electron chi connectivity index (χ4n) is 2.23. The van der Waals surface area contributed by atoms with Crippen LogP contribution in [0, 0.1) is 0 Å². The zero-order chi connectivity index (χ0) is 18.2. The number of ether oxygens (including phenoxy) is 3. The Bertz CT molecular complexity index is 669. The molecule has 8 nitrogen and oxygen atoms in total. The highest BCUT2D eigenvalue weighted by Crippen LogP contribution is 2.40. The summed E-state index contributed by atoms with van der Waals surface area (Å²) in [5.41, 5.74) is 0.771. The van der Waals surface area contributed by atoms with Crippen LogP contribution in [-0.4, -0.2) is 63.4 Å². The van der Waals surface area contributed by atoms with Gasteiger partial charge in [0.2, 0.25) is 5.75 Å². The van der Waals surface area contributed by atoms with Crippen LogP contribution in [0.1, 0.15) is 0 Å². The molecule has 0 aliphatic carbocycles. The summed E-state index contributed by atoms with van der Waals surface area (Å²) in [6.07, 6.45) is 1.51. The van der Waals surface area contributed by atoms with E-state index in [2.05, 4.69) is 25.5 Å². The summed E-state index contributed by atoms with van der Waals surface area (Å²) in [6, 6.07) is 5.49. The van der Waals surface area contributed by atoms with Crippen molar-refractivity contribution in [2.24, 2.45) is 0 Å². The monoisotopic (exact) mass is 347 g/mol. The van der Waals surface area contributed by atoms with E-state index in [0.717, 1.165) is 24.6 Å². The summed E-state index contributed by atoms with van der Waals surface area (Å²) in [4.78, 5) is 10.6. The van der Waals surface area contributed by atoms with E-state index in [9.17, 15) is 0 Å². The molecular weight excluding hydrogens is 322 g/mol. The lowest BCUT2D eigenvalue weighted by molar-refractivity contribution is 0.324. The number of likely N-dealkylation sites (N-methyl/N-ethyl adjacent to an activating group) is 1. The van der Waals surface area contributed by atoms with E-state index in [4.69, 9.17) is 14.2 Å². The molecule has 0 amide bonds. The molecule has 0 unspecified atom stereocenters. The van der Waals surface area contributed by atoms with Crippen molar-refractivity contribution in [1.82, 2.24) is 14.9 Å². The standard InChI is InChI=1S/C17H25N5O3/c1-22(2)7-6-18-15-10-16(20-11-19-15)21-12-8-13(23-3)17(25-5)14(9-12)24-4/h8-11H,6-7H2,1-5H3,(H2,18,19,20,21). The van der Waals surface area contributed by atoms with Gasteiger partial charge in [-0.15, -0.1) is 0 Å². The smallest absolute Gasteiger partial charge is 0.203 e. The summed E-state index contributed by atoms with van der Waals surface area (Å²) in [6.45, 7) is 1.72. The number of benzene rings is 1. The molecule has 2 N–H and O–H groups in total. The molecule has 0 aliphatic rings. The molecule has 0 bridgehead atoms. The lowest BCUT2D eigenvalue weighted by Gasteiger charge is -2.15. The Kier molecular flexibility index (Phi) is 6.64. The Morgan fingerprint density at radius 2 is 1.56 bits per heavy atom. The van der Waals surface area contributed by atoms with Crippen LogP contribution in [0.15, 0.2) is 24.5 Å². The molecule has 136 valence electrons. The summed E-state index contributed by atoms with van der Waals surface area (Å²) in [7, 11) is 8.79. The molecule has 0 saturated heterocycles. The first kappa shape index (κ1) is 18.6. The molecule has 1 heterocycles. The normalized spacial score (nSPS) is 10.5. The van der Waals surface area contributed by atoms with Gasteiger partial charge in [-0.05, 0) is 14.1 Å². The highest BCUT2D eigenvalue weighted by Gasteiger charge is 2.13. The maximum atomic E-state index is 5.36. The van der Waals surface area contributed by atoms with Crippen molar-refractivity contribution in [3.63, 3.8) is 0 Å². The number of hydrogen-bond acceptors (Lipinski definition) is 8. The van der Waals surface area contributed by atoms with Crippen LogP contribution in [0.4, 0.5) is 17.3 Å². The number of anilines is 3. The van der Waals surface area contributed by atoms with Gasteiger partial charge in [0.1, 0.15) is 18.0 Å². The molecule has 25 heavy (non-hydrogen) atoms. The summed E-state index contributed by atoms with van der Waals surface area (Å²) in [5.74, 6) is 3.11. The predicted octanol–water partition coefficient (Wildman–Crippen LogP) is 2.22. The van der Waals surface area contributed by atoms with Crippen molar-refractivity contribution in [2.45, 2.75) is 0 Å². The van der Waals surface area contributed by atoms with E-state index >= 15 is 0 Å². The van der Waals surface area contributed by atoms with E-state index in [-0.39, 0.29) is 0 Å². The Balaban J connectivity index is 2.16. The van der Waals surface area contributed by atoms with Gasteiger partial charge in [0, 0.05) is 37.0 Å². The van der Waals surface area contributed by atoms with Gasteiger partial charge >= 0.3 is 0 Å². The Hall–Kier alpha value is -2.74. The van der Waals surface area contributed by atoms with Gasteiger partial charge in [0.15, 0.2) is 11.5 Å². The first-order valence-corrected chi connectivity index (χ1v) is 7.85. The number of aromatic nitrogens is 2. The Labute approximate surface area is 148 Å². The van der Waals surface area contributed by atoms with Crippen molar-refractivity contribution in [1.29, 1.82) is 0 Å². The second-order valence-electron chi connectivity index (χ2n) is 5.56. The maximum absolute atomic E-state index is 5.36. The molecule has 1 aromatic heterocycles. The topological polar surface area (TPSA) is 80.8 Å². The van der Waals surface area contributed by atoms with Crippen molar-refractivity contribution in [3.8, 4) is 17.2 Å². The van der Waals surface area contributed by atoms with E-state index in [0.29, 0.717) is 23.1 Å². The van der Waals surface area contributed by atoms with E-state index in [1.807, 2.05) is 32.3 Å². The van der Waals surface area contributed by atoms with Crippen LogP contribution < -0.4 is 24.8 Å². The molecule has 0 atom stereocenters. The van der Waals surface area contributed by atoms with E-state index in [1.165, 1.54) is 6.33 Å². The van der Waals surface area contributed by atoms with Crippen LogP contribution in [0.2, 0.25) is 0 Å². The van der Waals surface area contributed by atoms with E-state index in [1.54, 1.807) is 21.3 Å². The molecule has 2 aromatic rings. The van der Waals surface area contributed by atoms with Gasteiger partial charge in [-0.2, -0.15) is 0 Å². The number of hydrogen-bond donors (Lipinski definition) is 2. The van der Waals surface area contributed by atoms with Crippen LogP contribution >= 0.6 is 0 Å². The van der Waals surface area contributed by atoms with Crippen molar-refractivity contribution >= 4 is 17.3 Å². The van der Waals surface area contributed by atoms with Gasteiger partial charge in [-0.1, -0.05) is 0 Å². The van der Waals surface area contributed by atoms with Crippen molar-refractivity contribution in [3.05, 3.63) is 24.5 Å². The third-order valence-corrected chi connectivity index (χ3v) is 3.47. The fourth-order valence-corrected chi connectivity index (χ4v) is 2.23. The summed E-state index contributed by atoms with van der Waals surface area (Å²) >= 11 is 0. The zero-order valence-corrected chi connectivity index (χ0v) is 15.3. The third kappa shape index (κ3) is 5.12. The van der Waals surface area contributed by atoms with Crippen LogP contribution in [-0.2, 0) is 0 Å². The van der Waals surface area contributed by atoms with Gasteiger partial charge in [-0.3, -0.25) is 0 Å². The van der Waals surface area contributed by atoms with E-state index < -0.39 is 0 Å². The second kappa shape index (κ2) is 8.93. The van der Waals surface area contributed by atoms with Crippen molar-refractivity contribution in [2.75, 3.05) is 59.1 Å². The molecule has 8 heteroatoms. The number of nitrogens with one attached hydrogen (secondary N) is 2. The molecule has 0 aliphatic heterocycles. The lowest BCUT2D eigenvalue weighted by atomic mass is 10.2. The number of nitrogens with zero attached hydrogens (tertiary/aromatic N) is 3. The Morgan fingerprint density at radius 1 is 0.920 bits per heavy atom. The molecule has 0 spiro atoms. The molecule has 1 aromatic carbocycles. The first-order valence-electron chi connectivity index (χ1n) is 7.85. The Morgan fingerprint density at radius 3 is 2.12 bits per heavy atom. The highest BCUT2D eigenvalue weighted by molar-refractivity contribution is 5.67. The van der Waals surface area contributed by atoms with Gasteiger partial charge in [0.05, 0.1) is 21.3 Å². The zero-order valence-electron chi connectivity index (χ0n) is 15.3. The molecular formula is C17H25N5O3. The van der Waals surface area contributed by atoms with Crippen LogP contribution in [0.25, 0.3) is 0 Å². The molecule has 2 rings (SSSR count). The van der Waals surface area contributed by atoms with Gasteiger partial charge in [0.25, 0.3) is 0 Å². The van der Waals surface area contributed by atoms with Crippen LogP contribution in [0.3, 0.4) is 0 Å². The minimum absolute atomic E-state index is 0.546. The lowest BCUT2D eigenvalue weighted by Crippen LogP contribution is -2.21. The average molecular weight is 347 g/mol. The average Bonchev–Trinajstić information content (AvgIpc) is 2.60.